The fourth-order valence-corrected chi connectivity index (χ4v) is 2.82. The SMILES string of the molecule is CCCn1cc(OCCNC2CCCC(C)C2)cn1. The predicted molar refractivity (Wildman–Crippen MR) is 77.4 cm³/mol. The number of nitrogens with zero attached hydrogens (tertiary/aromatic N) is 2. The van der Waals surface area contributed by atoms with Crippen LogP contribution >= 0.6 is 0 Å². The number of aryl methyl sites for hydroxylation is 1. The zero-order valence-electron chi connectivity index (χ0n) is 12.3. The molecule has 4 nitrogen and oxygen atoms in total. The molecule has 1 aliphatic carbocycles. The van der Waals surface area contributed by atoms with Crippen LogP contribution in [0, 0.1) is 5.92 Å². The molecule has 1 aromatic rings. The highest BCUT2D eigenvalue weighted by atomic mass is 16.5. The summed E-state index contributed by atoms with van der Waals surface area (Å²) in [5.74, 6) is 1.76. The average Bonchev–Trinajstić information content (AvgIpc) is 2.83. The van der Waals surface area contributed by atoms with Crippen molar-refractivity contribution in [3.8, 4) is 5.75 Å². The van der Waals surface area contributed by atoms with E-state index in [2.05, 4.69) is 24.3 Å². The Bertz CT molecular complexity index is 364. The van der Waals surface area contributed by atoms with Gasteiger partial charge in [0.25, 0.3) is 0 Å². The van der Waals surface area contributed by atoms with Crippen LogP contribution in [0.5, 0.6) is 5.75 Å². The first-order valence-corrected chi connectivity index (χ1v) is 7.66. The lowest BCUT2D eigenvalue weighted by Crippen LogP contribution is -2.36. The first kappa shape index (κ1) is 14.4. The van der Waals surface area contributed by atoms with Gasteiger partial charge in [0.15, 0.2) is 5.75 Å². The van der Waals surface area contributed by atoms with Gasteiger partial charge in [0.05, 0.1) is 12.4 Å². The average molecular weight is 265 g/mol. The Hall–Kier alpha value is -1.03. The summed E-state index contributed by atoms with van der Waals surface area (Å²) in [6.45, 7) is 7.12. The second-order valence-electron chi connectivity index (χ2n) is 5.71. The van der Waals surface area contributed by atoms with Gasteiger partial charge in [0.2, 0.25) is 0 Å². The van der Waals surface area contributed by atoms with E-state index in [9.17, 15) is 0 Å². The van der Waals surface area contributed by atoms with Gasteiger partial charge in [-0.15, -0.1) is 0 Å². The highest BCUT2D eigenvalue weighted by Crippen LogP contribution is 2.23. The maximum absolute atomic E-state index is 5.71. The molecule has 1 N–H and O–H groups in total. The Balaban J connectivity index is 1.60. The highest BCUT2D eigenvalue weighted by molar-refractivity contribution is 5.11. The van der Waals surface area contributed by atoms with Crippen LogP contribution in [-0.2, 0) is 6.54 Å². The van der Waals surface area contributed by atoms with Crippen LogP contribution in [0.3, 0.4) is 0 Å². The third-order valence-corrected chi connectivity index (χ3v) is 3.80. The number of nitrogens with one attached hydrogen (secondary N) is 1. The molecule has 108 valence electrons. The number of hydrogen-bond acceptors (Lipinski definition) is 3. The molecule has 2 unspecified atom stereocenters. The van der Waals surface area contributed by atoms with E-state index in [0.29, 0.717) is 6.04 Å². The minimum absolute atomic E-state index is 0.690. The third-order valence-electron chi connectivity index (χ3n) is 3.80. The van der Waals surface area contributed by atoms with E-state index in [1.807, 2.05) is 10.9 Å². The monoisotopic (exact) mass is 265 g/mol. The second kappa shape index (κ2) is 7.53. The molecule has 0 amide bonds. The summed E-state index contributed by atoms with van der Waals surface area (Å²) in [6, 6.07) is 0.690. The van der Waals surface area contributed by atoms with Gasteiger partial charge >= 0.3 is 0 Å². The van der Waals surface area contributed by atoms with Crippen molar-refractivity contribution in [2.75, 3.05) is 13.2 Å². The van der Waals surface area contributed by atoms with E-state index in [0.717, 1.165) is 37.8 Å². The van der Waals surface area contributed by atoms with Crippen molar-refractivity contribution in [3.05, 3.63) is 12.4 Å². The molecule has 0 bridgehead atoms. The minimum atomic E-state index is 0.690. The van der Waals surface area contributed by atoms with Gasteiger partial charge in [-0.2, -0.15) is 5.10 Å². The van der Waals surface area contributed by atoms with Crippen LogP contribution in [0.15, 0.2) is 12.4 Å². The van der Waals surface area contributed by atoms with Crippen molar-refractivity contribution in [1.29, 1.82) is 0 Å². The zero-order valence-corrected chi connectivity index (χ0v) is 12.3. The van der Waals surface area contributed by atoms with E-state index < -0.39 is 0 Å². The maximum atomic E-state index is 5.71. The van der Waals surface area contributed by atoms with Gasteiger partial charge < -0.3 is 10.1 Å². The molecule has 1 aromatic heterocycles. The van der Waals surface area contributed by atoms with Crippen LogP contribution < -0.4 is 10.1 Å². The Morgan fingerprint density at radius 3 is 3.16 bits per heavy atom. The molecule has 0 aromatic carbocycles. The number of rotatable bonds is 7. The molecule has 1 fully saturated rings. The van der Waals surface area contributed by atoms with Crippen LogP contribution in [-0.4, -0.2) is 29.0 Å². The molecule has 0 radical (unpaired) electrons. The maximum Gasteiger partial charge on any atom is 0.157 e. The summed E-state index contributed by atoms with van der Waals surface area (Å²) in [7, 11) is 0. The van der Waals surface area contributed by atoms with Crippen molar-refractivity contribution >= 4 is 0 Å². The summed E-state index contributed by atoms with van der Waals surface area (Å²) >= 11 is 0. The Labute approximate surface area is 116 Å². The first-order valence-electron chi connectivity index (χ1n) is 7.66. The number of hydrogen-bond donors (Lipinski definition) is 1. The minimum Gasteiger partial charge on any atom is -0.489 e. The lowest BCUT2D eigenvalue weighted by atomic mass is 9.87. The summed E-state index contributed by atoms with van der Waals surface area (Å²) in [5.41, 5.74) is 0. The molecule has 1 heterocycles. The topological polar surface area (TPSA) is 39.1 Å². The summed E-state index contributed by atoms with van der Waals surface area (Å²) in [4.78, 5) is 0. The van der Waals surface area contributed by atoms with Gasteiger partial charge in [-0.3, -0.25) is 4.68 Å². The van der Waals surface area contributed by atoms with E-state index in [1.54, 1.807) is 6.20 Å². The Kier molecular flexibility index (Phi) is 5.70. The predicted octanol–water partition coefficient (Wildman–Crippen LogP) is 2.84. The van der Waals surface area contributed by atoms with Crippen molar-refractivity contribution < 1.29 is 4.74 Å². The van der Waals surface area contributed by atoms with Gasteiger partial charge in [0, 0.05) is 19.1 Å². The smallest absolute Gasteiger partial charge is 0.157 e. The summed E-state index contributed by atoms with van der Waals surface area (Å²) in [6.07, 6.45) is 10.3. The van der Waals surface area contributed by atoms with E-state index in [1.165, 1.54) is 25.7 Å². The largest absolute Gasteiger partial charge is 0.489 e. The molecule has 0 saturated heterocycles. The fraction of sp³-hybridized carbons (Fsp3) is 0.800. The van der Waals surface area contributed by atoms with E-state index in [4.69, 9.17) is 4.74 Å². The molecule has 2 rings (SSSR count). The number of ether oxygens (including phenoxy) is 1. The molecule has 1 aliphatic rings. The lowest BCUT2D eigenvalue weighted by molar-refractivity contribution is 0.266. The normalized spacial score (nSPS) is 23.5. The quantitative estimate of drug-likeness (QED) is 0.771. The molecule has 1 saturated carbocycles. The fourth-order valence-electron chi connectivity index (χ4n) is 2.82. The van der Waals surface area contributed by atoms with E-state index in [-0.39, 0.29) is 0 Å². The molecule has 0 spiro atoms. The van der Waals surface area contributed by atoms with Gasteiger partial charge in [-0.1, -0.05) is 26.7 Å². The standard InChI is InChI=1S/C15H27N3O/c1-3-8-18-12-15(11-17-18)19-9-7-16-14-6-4-5-13(2)10-14/h11-14,16H,3-10H2,1-2H3. The molecule has 4 heteroatoms. The van der Waals surface area contributed by atoms with Crippen LogP contribution in [0.2, 0.25) is 0 Å². The second-order valence-corrected chi connectivity index (χ2v) is 5.71. The van der Waals surface area contributed by atoms with Crippen molar-refractivity contribution in [2.45, 2.75) is 58.5 Å². The molecule has 19 heavy (non-hydrogen) atoms. The lowest BCUT2D eigenvalue weighted by Gasteiger charge is -2.27. The van der Waals surface area contributed by atoms with Crippen LogP contribution in [0.25, 0.3) is 0 Å². The molecular formula is C15H27N3O. The molecular weight excluding hydrogens is 238 g/mol. The summed E-state index contributed by atoms with van der Waals surface area (Å²) in [5, 5.41) is 7.86. The molecule has 2 atom stereocenters. The Morgan fingerprint density at radius 1 is 1.47 bits per heavy atom. The van der Waals surface area contributed by atoms with Crippen LogP contribution in [0.1, 0.15) is 46.0 Å². The molecule has 0 aliphatic heterocycles. The van der Waals surface area contributed by atoms with Crippen molar-refractivity contribution in [1.82, 2.24) is 15.1 Å². The van der Waals surface area contributed by atoms with Crippen molar-refractivity contribution in [2.24, 2.45) is 5.92 Å². The Morgan fingerprint density at radius 2 is 2.37 bits per heavy atom. The highest BCUT2D eigenvalue weighted by Gasteiger charge is 2.17. The van der Waals surface area contributed by atoms with E-state index >= 15 is 0 Å². The van der Waals surface area contributed by atoms with Crippen LogP contribution in [0.4, 0.5) is 0 Å². The summed E-state index contributed by atoms with van der Waals surface area (Å²) < 4.78 is 7.64. The van der Waals surface area contributed by atoms with Gasteiger partial charge in [0.1, 0.15) is 6.61 Å². The van der Waals surface area contributed by atoms with Gasteiger partial charge in [-0.25, -0.2) is 0 Å². The zero-order chi connectivity index (χ0) is 13.5. The first-order chi connectivity index (χ1) is 9.28. The van der Waals surface area contributed by atoms with Gasteiger partial charge in [-0.05, 0) is 25.2 Å². The third kappa shape index (κ3) is 4.86. The van der Waals surface area contributed by atoms with Crippen molar-refractivity contribution in [3.63, 3.8) is 0 Å². The number of aromatic nitrogens is 2.